The SMILES string of the molecule is Cc1ccc(NC(=O)NC(=O)COC(=O)COc2cccc(F)c2)c(C)c1. The van der Waals surface area contributed by atoms with Crippen LogP contribution in [0.3, 0.4) is 0 Å². The van der Waals surface area contributed by atoms with E-state index in [2.05, 4.69) is 10.6 Å². The van der Waals surface area contributed by atoms with Crippen LogP contribution in [-0.2, 0) is 14.3 Å². The highest BCUT2D eigenvalue weighted by Crippen LogP contribution is 2.15. The van der Waals surface area contributed by atoms with Gasteiger partial charge in [-0.25, -0.2) is 14.0 Å². The number of anilines is 1. The molecule has 0 aliphatic heterocycles. The zero-order chi connectivity index (χ0) is 19.8. The van der Waals surface area contributed by atoms with Crippen LogP contribution in [0, 0.1) is 19.7 Å². The van der Waals surface area contributed by atoms with Gasteiger partial charge in [0, 0.05) is 11.8 Å². The largest absolute Gasteiger partial charge is 0.482 e. The smallest absolute Gasteiger partial charge is 0.344 e. The quantitative estimate of drug-likeness (QED) is 0.759. The van der Waals surface area contributed by atoms with E-state index in [1.807, 2.05) is 26.0 Å². The van der Waals surface area contributed by atoms with Crippen molar-refractivity contribution in [2.24, 2.45) is 0 Å². The zero-order valence-corrected chi connectivity index (χ0v) is 14.9. The predicted molar refractivity (Wildman–Crippen MR) is 95.9 cm³/mol. The molecule has 0 fully saturated rings. The van der Waals surface area contributed by atoms with Crippen molar-refractivity contribution in [2.75, 3.05) is 18.5 Å². The third-order valence-electron chi connectivity index (χ3n) is 3.40. The molecule has 0 saturated carbocycles. The van der Waals surface area contributed by atoms with Gasteiger partial charge in [-0.1, -0.05) is 23.8 Å². The molecule has 0 saturated heterocycles. The van der Waals surface area contributed by atoms with Crippen molar-refractivity contribution in [3.63, 3.8) is 0 Å². The minimum absolute atomic E-state index is 0.157. The predicted octanol–water partition coefficient (Wildman–Crippen LogP) is 2.71. The molecule has 142 valence electrons. The van der Waals surface area contributed by atoms with E-state index in [9.17, 15) is 18.8 Å². The van der Waals surface area contributed by atoms with Crippen molar-refractivity contribution in [3.05, 3.63) is 59.4 Å². The Kier molecular flexibility index (Phi) is 6.87. The number of hydrogen-bond acceptors (Lipinski definition) is 5. The van der Waals surface area contributed by atoms with Gasteiger partial charge in [0.2, 0.25) is 0 Å². The lowest BCUT2D eigenvalue weighted by molar-refractivity contribution is -0.150. The molecule has 8 heteroatoms. The summed E-state index contributed by atoms with van der Waals surface area (Å²) in [6.07, 6.45) is 0. The number of aryl methyl sites for hydroxylation is 2. The number of amides is 3. The van der Waals surface area contributed by atoms with E-state index in [0.717, 1.165) is 17.2 Å². The minimum Gasteiger partial charge on any atom is -0.482 e. The van der Waals surface area contributed by atoms with Gasteiger partial charge in [0.05, 0.1) is 0 Å². The van der Waals surface area contributed by atoms with Crippen LogP contribution in [0.4, 0.5) is 14.9 Å². The lowest BCUT2D eigenvalue weighted by Gasteiger charge is -2.10. The summed E-state index contributed by atoms with van der Waals surface area (Å²) >= 11 is 0. The van der Waals surface area contributed by atoms with Gasteiger partial charge in [0.15, 0.2) is 13.2 Å². The van der Waals surface area contributed by atoms with Crippen LogP contribution < -0.4 is 15.4 Å². The molecular formula is C19H19FN2O5. The first-order valence-corrected chi connectivity index (χ1v) is 8.05. The highest BCUT2D eigenvalue weighted by molar-refractivity contribution is 6.02. The Bertz CT molecular complexity index is 854. The first kappa shape index (κ1) is 19.9. The zero-order valence-electron chi connectivity index (χ0n) is 14.9. The summed E-state index contributed by atoms with van der Waals surface area (Å²) in [5.74, 6) is -1.97. The molecule has 2 aromatic carbocycles. The van der Waals surface area contributed by atoms with Crippen LogP contribution in [0.1, 0.15) is 11.1 Å². The molecule has 2 rings (SSSR count). The monoisotopic (exact) mass is 374 g/mol. The fourth-order valence-corrected chi connectivity index (χ4v) is 2.16. The number of nitrogens with one attached hydrogen (secondary N) is 2. The maximum absolute atomic E-state index is 13.0. The normalized spacial score (nSPS) is 10.0. The van der Waals surface area contributed by atoms with Gasteiger partial charge in [-0.3, -0.25) is 10.1 Å². The average molecular weight is 374 g/mol. The molecule has 0 aliphatic rings. The Morgan fingerprint density at radius 2 is 1.81 bits per heavy atom. The van der Waals surface area contributed by atoms with Crippen LogP contribution in [-0.4, -0.2) is 31.1 Å². The second kappa shape index (κ2) is 9.33. The molecule has 0 atom stereocenters. The summed E-state index contributed by atoms with van der Waals surface area (Å²) in [5, 5.41) is 4.59. The molecule has 0 radical (unpaired) electrons. The fourth-order valence-electron chi connectivity index (χ4n) is 2.16. The molecule has 0 aliphatic carbocycles. The lowest BCUT2D eigenvalue weighted by Crippen LogP contribution is -2.37. The molecule has 0 heterocycles. The fraction of sp³-hybridized carbons (Fsp3) is 0.211. The van der Waals surface area contributed by atoms with Crippen molar-refractivity contribution >= 4 is 23.6 Å². The maximum Gasteiger partial charge on any atom is 0.344 e. The van der Waals surface area contributed by atoms with Gasteiger partial charge in [-0.15, -0.1) is 0 Å². The number of urea groups is 1. The third-order valence-corrected chi connectivity index (χ3v) is 3.40. The number of ether oxygens (including phenoxy) is 2. The average Bonchev–Trinajstić information content (AvgIpc) is 2.60. The van der Waals surface area contributed by atoms with Crippen LogP contribution in [0.5, 0.6) is 5.75 Å². The standard InChI is InChI=1S/C19H19FN2O5/c1-12-6-7-16(13(2)8-12)21-19(25)22-17(23)10-27-18(24)11-26-15-5-3-4-14(20)9-15/h3-9H,10-11H2,1-2H3,(H2,21,22,23,25). The molecule has 0 bridgehead atoms. The van der Waals surface area contributed by atoms with E-state index in [4.69, 9.17) is 9.47 Å². The van der Waals surface area contributed by atoms with Crippen LogP contribution >= 0.6 is 0 Å². The summed E-state index contributed by atoms with van der Waals surface area (Å²) in [6.45, 7) is 2.61. The summed E-state index contributed by atoms with van der Waals surface area (Å²) in [5.41, 5.74) is 2.45. The Hall–Kier alpha value is -3.42. The molecule has 2 N–H and O–H groups in total. The van der Waals surface area contributed by atoms with Crippen molar-refractivity contribution in [3.8, 4) is 5.75 Å². The Labute approximate surface area is 155 Å². The number of carbonyl (C=O) groups is 3. The number of halogens is 1. The molecule has 7 nitrogen and oxygen atoms in total. The topological polar surface area (TPSA) is 93.7 Å². The van der Waals surface area contributed by atoms with Gasteiger partial charge in [0.25, 0.3) is 5.91 Å². The van der Waals surface area contributed by atoms with Gasteiger partial charge in [-0.05, 0) is 37.6 Å². The number of benzene rings is 2. The maximum atomic E-state index is 13.0. The highest BCUT2D eigenvalue weighted by atomic mass is 19.1. The molecule has 0 unspecified atom stereocenters. The third kappa shape index (κ3) is 6.77. The number of esters is 1. The first-order valence-electron chi connectivity index (χ1n) is 8.05. The molecule has 0 aromatic heterocycles. The van der Waals surface area contributed by atoms with Gasteiger partial charge in [-0.2, -0.15) is 0 Å². The van der Waals surface area contributed by atoms with Crippen molar-refractivity contribution < 1.29 is 28.2 Å². The summed E-state index contributed by atoms with van der Waals surface area (Å²) in [6, 6.07) is 9.94. The van der Waals surface area contributed by atoms with E-state index in [0.29, 0.717) is 5.69 Å². The van der Waals surface area contributed by atoms with Gasteiger partial charge < -0.3 is 14.8 Å². The van der Waals surface area contributed by atoms with E-state index < -0.39 is 36.9 Å². The van der Waals surface area contributed by atoms with Gasteiger partial charge in [0.1, 0.15) is 11.6 Å². The van der Waals surface area contributed by atoms with Crippen LogP contribution in [0.2, 0.25) is 0 Å². The van der Waals surface area contributed by atoms with E-state index in [1.54, 1.807) is 6.07 Å². The second-order valence-electron chi connectivity index (χ2n) is 5.73. The first-order chi connectivity index (χ1) is 12.8. The summed E-state index contributed by atoms with van der Waals surface area (Å²) in [7, 11) is 0. The number of carbonyl (C=O) groups excluding carboxylic acids is 3. The Morgan fingerprint density at radius 1 is 1.04 bits per heavy atom. The molecular weight excluding hydrogens is 355 g/mol. The number of rotatable bonds is 6. The van der Waals surface area contributed by atoms with Crippen LogP contribution in [0.25, 0.3) is 0 Å². The van der Waals surface area contributed by atoms with Crippen molar-refractivity contribution in [1.29, 1.82) is 0 Å². The minimum atomic E-state index is -0.829. The van der Waals surface area contributed by atoms with E-state index >= 15 is 0 Å². The molecule has 27 heavy (non-hydrogen) atoms. The highest BCUT2D eigenvalue weighted by Gasteiger charge is 2.12. The van der Waals surface area contributed by atoms with Crippen molar-refractivity contribution in [2.45, 2.75) is 13.8 Å². The Morgan fingerprint density at radius 3 is 2.52 bits per heavy atom. The Balaban J connectivity index is 1.71. The number of hydrogen-bond donors (Lipinski definition) is 2. The molecule has 2 aromatic rings. The summed E-state index contributed by atoms with van der Waals surface area (Å²) in [4.78, 5) is 35.0. The molecule has 3 amide bonds. The number of imide groups is 1. The summed E-state index contributed by atoms with van der Waals surface area (Å²) < 4.78 is 22.7. The lowest BCUT2D eigenvalue weighted by atomic mass is 10.1. The second-order valence-corrected chi connectivity index (χ2v) is 5.73. The van der Waals surface area contributed by atoms with E-state index in [-0.39, 0.29) is 5.75 Å². The van der Waals surface area contributed by atoms with Gasteiger partial charge >= 0.3 is 12.0 Å². The van der Waals surface area contributed by atoms with Crippen LogP contribution in [0.15, 0.2) is 42.5 Å². The van der Waals surface area contributed by atoms with Crippen molar-refractivity contribution in [1.82, 2.24) is 5.32 Å². The molecule has 0 spiro atoms. The van der Waals surface area contributed by atoms with E-state index in [1.165, 1.54) is 18.2 Å².